The molecule has 0 saturated heterocycles. The number of rotatable bonds is 3. The third-order valence-corrected chi connectivity index (χ3v) is 2.87. The minimum Gasteiger partial charge on any atom is -0.461 e. The number of aliphatic hydroxyl groups excluding tert-OH is 1. The standard InChI is InChI=1S/C13H13N3O2/c14-7-11(17)8-3-4-9-10(6-8)16-13(15-9)12-2-1-5-18-12/h1-6,11,17H,7,14H2,(H,15,16). The van der Waals surface area contributed by atoms with E-state index in [9.17, 15) is 5.11 Å². The molecule has 0 aliphatic rings. The quantitative estimate of drug-likeness (QED) is 0.654. The summed E-state index contributed by atoms with van der Waals surface area (Å²) in [5.41, 5.74) is 7.90. The summed E-state index contributed by atoms with van der Waals surface area (Å²) in [5.74, 6) is 1.36. The summed E-state index contributed by atoms with van der Waals surface area (Å²) in [6.07, 6.45) is 0.955. The van der Waals surface area contributed by atoms with Gasteiger partial charge in [0.15, 0.2) is 11.6 Å². The van der Waals surface area contributed by atoms with Crippen LogP contribution in [-0.2, 0) is 0 Å². The van der Waals surface area contributed by atoms with Crippen LogP contribution < -0.4 is 5.73 Å². The Bertz CT molecular complexity index is 658. The van der Waals surface area contributed by atoms with Gasteiger partial charge >= 0.3 is 0 Å². The van der Waals surface area contributed by atoms with E-state index >= 15 is 0 Å². The fourth-order valence-electron chi connectivity index (χ4n) is 1.90. The summed E-state index contributed by atoms with van der Waals surface area (Å²) in [4.78, 5) is 7.58. The molecule has 18 heavy (non-hydrogen) atoms. The smallest absolute Gasteiger partial charge is 0.174 e. The predicted octanol–water partition coefficient (Wildman–Crippen LogP) is 1.81. The van der Waals surface area contributed by atoms with Crippen LogP contribution in [0.5, 0.6) is 0 Å². The molecule has 5 heteroatoms. The van der Waals surface area contributed by atoms with Crippen LogP contribution >= 0.6 is 0 Å². The average molecular weight is 243 g/mol. The van der Waals surface area contributed by atoms with E-state index in [1.54, 1.807) is 6.26 Å². The number of aliphatic hydroxyl groups is 1. The van der Waals surface area contributed by atoms with Crippen molar-refractivity contribution in [3.63, 3.8) is 0 Å². The Morgan fingerprint density at radius 2 is 2.28 bits per heavy atom. The maximum Gasteiger partial charge on any atom is 0.174 e. The van der Waals surface area contributed by atoms with Crippen LogP contribution in [-0.4, -0.2) is 21.6 Å². The molecule has 3 aromatic rings. The molecule has 0 radical (unpaired) electrons. The molecular weight excluding hydrogens is 230 g/mol. The van der Waals surface area contributed by atoms with Crippen molar-refractivity contribution >= 4 is 11.0 Å². The number of aromatic amines is 1. The van der Waals surface area contributed by atoms with Crippen molar-refractivity contribution in [3.05, 3.63) is 42.2 Å². The van der Waals surface area contributed by atoms with Gasteiger partial charge in [0.05, 0.1) is 23.4 Å². The highest BCUT2D eigenvalue weighted by Crippen LogP contribution is 2.23. The molecule has 0 aliphatic heterocycles. The van der Waals surface area contributed by atoms with Crippen molar-refractivity contribution in [2.75, 3.05) is 6.54 Å². The molecule has 0 fully saturated rings. The lowest BCUT2D eigenvalue weighted by atomic mass is 10.1. The van der Waals surface area contributed by atoms with Gasteiger partial charge in [-0.15, -0.1) is 0 Å². The van der Waals surface area contributed by atoms with Gasteiger partial charge in [0.25, 0.3) is 0 Å². The molecule has 92 valence electrons. The van der Waals surface area contributed by atoms with Gasteiger partial charge in [0.1, 0.15) is 0 Å². The number of imidazole rings is 1. The molecule has 1 aromatic carbocycles. The number of fused-ring (bicyclic) bond motifs is 1. The van der Waals surface area contributed by atoms with E-state index in [4.69, 9.17) is 10.2 Å². The SMILES string of the molecule is NCC(O)c1ccc2nc(-c3ccco3)[nH]c2c1. The van der Waals surface area contributed by atoms with Crippen molar-refractivity contribution in [3.8, 4) is 11.6 Å². The molecule has 5 nitrogen and oxygen atoms in total. The largest absolute Gasteiger partial charge is 0.461 e. The maximum absolute atomic E-state index is 9.70. The highest BCUT2D eigenvalue weighted by atomic mass is 16.3. The average Bonchev–Trinajstić information content (AvgIpc) is 3.04. The normalized spacial score (nSPS) is 13.0. The number of H-pyrrole nitrogens is 1. The summed E-state index contributed by atoms with van der Waals surface area (Å²) < 4.78 is 5.28. The monoisotopic (exact) mass is 243 g/mol. The molecule has 3 rings (SSSR count). The molecule has 0 spiro atoms. The van der Waals surface area contributed by atoms with Crippen LogP contribution in [0.25, 0.3) is 22.6 Å². The number of benzene rings is 1. The first kappa shape index (κ1) is 11.0. The zero-order chi connectivity index (χ0) is 12.5. The summed E-state index contributed by atoms with van der Waals surface area (Å²) in [6, 6.07) is 9.19. The third kappa shape index (κ3) is 1.79. The number of aromatic nitrogens is 2. The fourth-order valence-corrected chi connectivity index (χ4v) is 1.90. The number of hydrogen-bond acceptors (Lipinski definition) is 4. The van der Waals surface area contributed by atoms with Crippen LogP contribution in [0.15, 0.2) is 41.0 Å². The van der Waals surface area contributed by atoms with Crippen LogP contribution in [0.3, 0.4) is 0 Å². The van der Waals surface area contributed by atoms with Crippen LogP contribution in [0, 0.1) is 0 Å². The van der Waals surface area contributed by atoms with Crippen molar-refractivity contribution in [1.29, 1.82) is 0 Å². The van der Waals surface area contributed by atoms with Gasteiger partial charge in [-0.25, -0.2) is 4.98 Å². The highest BCUT2D eigenvalue weighted by Gasteiger charge is 2.10. The summed E-state index contributed by atoms with van der Waals surface area (Å²) in [7, 11) is 0. The Labute approximate surface area is 103 Å². The molecule has 2 aromatic heterocycles. The summed E-state index contributed by atoms with van der Waals surface area (Å²) in [6.45, 7) is 0.199. The Morgan fingerprint density at radius 3 is 3.00 bits per heavy atom. The van der Waals surface area contributed by atoms with E-state index in [-0.39, 0.29) is 6.54 Å². The number of nitrogens with one attached hydrogen (secondary N) is 1. The highest BCUT2D eigenvalue weighted by molar-refractivity contribution is 5.79. The first-order valence-corrected chi connectivity index (χ1v) is 5.69. The molecule has 1 atom stereocenters. The zero-order valence-electron chi connectivity index (χ0n) is 9.63. The molecule has 1 unspecified atom stereocenters. The van der Waals surface area contributed by atoms with E-state index in [1.165, 1.54) is 0 Å². The van der Waals surface area contributed by atoms with E-state index < -0.39 is 6.10 Å². The Morgan fingerprint density at radius 1 is 1.39 bits per heavy atom. The van der Waals surface area contributed by atoms with E-state index in [0.29, 0.717) is 11.6 Å². The molecule has 0 saturated carbocycles. The topological polar surface area (TPSA) is 88.1 Å². The zero-order valence-corrected chi connectivity index (χ0v) is 9.63. The van der Waals surface area contributed by atoms with E-state index in [2.05, 4.69) is 9.97 Å². The van der Waals surface area contributed by atoms with Crippen molar-refractivity contribution in [2.24, 2.45) is 5.73 Å². The number of nitrogens with two attached hydrogens (primary N) is 1. The molecular formula is C13H13N3O2. The van der Waals surface area contributed by atoms with E-state index in [0.717, 1.165) is 16.6 Å². The predicted molar refractivity (Wildman–Crippen MR) is 67.8 cm³/mol. The third-order valence-electron chi connectivity index (χ3n) is 2.87. The lowest BCUT2D eigenvalue weighted by Crippen LogP contribution is -2.11. The van der Waals surface area contributed by atoms with Crippen LogP contribution in [0.1, 0.15) is 11.7 Å². The summed E-state index contributed by atoms with van der Waals surface area (Å²) >= 11 is 0. The molecule has 0 bridgehead atoms. The van der Waals surface area contributed by atoms with Gasteiger partial charge in [0, 0.05) is 6.54 Å². The number of nitrogens with zero attached hydrogens (tertiary/aromatic N) is 1. The molecule has 0 aliphatic carbocycles. The van der Waals surface area contributed by atoms with Crippen LogP contribution in [0.4, 0.5) is 0 Å². The minimum atomic E-state index is -0.648. The lowest BCUT2D eigenvalue weighted by Gasteiger charge is -2.06. The number of hydrogen-bond donors (Lipinski definition) is 3. The Hall–Kier alpha value is -2.11. The summed E-state index contributed by atoms with van der Waals surface area (Å²) in [5, 5.41) is 9.70. The molecule has 4 N–H and O–H groups in total. The van der Waals surface area contributed by atoms with Gasteiger partial charge < -0.3 is 20.2 Å². The molecule has 2 heterocycles. The van der Waals surface area contributed by atoms with E-state index in [1.807, 2.05) is 30.3 Å². The van der Waals surface area contributed by atoms with Gasteiger partial charge in [-0.05, 0) is 29.8 Å². The second-order valence-electron chi connectivity index (χ2n) is 4.09. The fraction of sp³-hybridized carbons (Fsp3) is 0.154. The van der Waals surface area contributed by atoms with Crippen molar-refractivity contribution < 1.29 is 9.52 Å². The second-order valence-corrected chi connectivity index (χ2v) is 4.09. The first-order valence-electron chi connectivity index (χ1n) is 5.69. The van der Waals surface area contributed by atoms with Gasteiger partial charge in [-0.1, -0.05) is 6.07 Å². The first-order chi connectivity index (χ1) is 8.78. The van der Waals surface area contributed by atoms with Crippen molar-refractivity contribution in [2.45, 2.75) is 6.10 Å². The van der Waals surface area contributed by atoms with Gasteiger partial charge in [-0.2, -0.15) is 0 Å². The van der Waals surface area contributed by atoms with Gasteiger partial charge in [0.2, 0.25) is 0 Å². The minimum absolute atomic E-state index is 0.199. The maximum atomic E-state index is 9.70. The Kier molecular flexibility index (Phi) is 2.62. The molecule has 0 amide bonds. The number of furan rings is 1. The second kappa shape index (κ2) is 4.29. The lowest BCUT2D eigenvalue weighted by molar-refractivity contribution is 0.187. The Balaban J connectivity index is 2.07. The van der Waals surface area contributed by atoms with Crippen LogP contribution in [0.2, 0.25) is 0 Å². The van der Waals surface area contributed by atoms with Gasteiger partial charge in [-0.3, -0.25) is 0 Å². The van der Waals surface area contributed by atoms with Crippen molar-refractivity contribution in [1.82, 2.24) is 9.97 Å².